The predicted octanol–water partition coefficient (Wildman–Crippen LogP) is 15.3. The summed E-state index contributed by atoms with van der Waals surface area (Å²) in [6.07, 6.45) is 0. The van der Waals surface area contributed by atoms with Gasteiger partial charge in [0.1, 0.15) is 0 Å². The van der Waals surface area contributed by atoms with Crippen LogP contribution in [0.2, 0.25) is 0 Å². The van der Waals surface area contributed by atoms with E-state index in [-0.39, 0.29) is 5.41 Å². The molecule has 0 radical (unpaired) electrons. The average molecular weight is 716 g/mol. The van der Waals surface area contributed by atoms with Gasteiger partial charge >= 0.3 is 0 Å². The summed E-state index contributed by atoms with van der Waals surface area (Å²) >= 11 is 0. The molecule has 0 saturated carbocycles. The molecule has 0 fully saturated rings. The molecule has 0 spiro atoms. The Morgan fingerprint density at radius 2 is 0.821 bits per heavy atom. The molecule has 1 nitrogen and oxygen atoms in total. The number of para-hydroxylation sites is 2. The van der Waals surface area contributed by atoms with Gasteiger partial charge in [0.2, 0.25) is 0 Å². The van der Waals surface area contributed by atoms with Crippen LogP contribution in [0.1, 0.15) is 25.0 Å². The molecule has 9 aromatic carbocycles. The lowest BCUT2D eigenvalue weighted by Gasteiger charge is -2.31. The van der Waals surface area contributed by atoms with Crippen molar-refractivity contribution >= 4 is 27.8 Å². The smallest absolute Gasteiger partial charge is 0.0540 e. The summed E-state index contributed by atoms with van der Waals surface area (Å²) in [5, 5.41) is 2.51. The number of hydrogen-bond donors (Lipinski definition) is 0. The third-order valence-corrected chi connectivity index (χ3v) is 11.7. The second-order valence-electron chi connectivity index (χ2n) is 15.3. The van der Waals surface area contributed by atoms with Crippen LogP contribution in [0.4, 0.5) is 17.1 Å². The van der Waals surface area contributed by atoms with Crippen molar-refractivity contribution < 1.29 is 0 Å². The minimum Gasteiger partial charge on any atom is -0.309 e. The molecule has 0 bridgehead atoms. The van der Waals surface area contributed by atoms with Crippen LogP contribution in [-0.4, -0.2) is 0 Å². The van der Waals surface area contributed by atoms with E-state index >= 15 is 0 Å². The monoisotopic (exact) mass is 715 g/mol. The molecule has 9 aromatic rings. The van der Waals surface area contributed by atoms with Crippen LogP contribution in [0.5, 0.6) is 0 Å². The Kier molecular flexibility index (Phi) is 8.23. The van der Waals surface area contributed by atoms with Crippen molar-refractivity contribution in [3.63, 3.8) is 0 Å². The Labute approximate surface area is 329 Å². The van der Waals surface area contributed by atoms with Crippen LogP contribution < -0.4 is 4.90 Å². The molecule has 0 aromatic heterocycles. The molecule has 0 atom stereocenters. The highest BCUT2D eigenvalue weighted by Crippen LogP contribution is 2.52. The van der Waals surface area contributed by atoms with E-state index in [1.165, 1.54) is 77.5 Å². The molecule has 1 aliphatic rings. The zero-order valence-corrected chi connectivity index (χ0v) is 31.7. The van der Waals surface area contributed by atoms with Crippen molar-refractivity contribution in [3.8, 4) is 55.6 Å². The van der Waals surface area contributed by atoms with E-state index in [0.29, 0.717) is 0 Å². The Hall–Kier alpha value is -6.96. The zero-order valence-electron chi connectivity index (χ0n) is 31.7. The van der Waals surface area contributed by atoms with E-state index in [1.54, 1.807) is 0 Å². The lowest BCUT2D eigenvalue weighted by atomic mass is 9.82. The fraction of sp³-hybridized carbons (Fsp3) is 0.0545. The molecule has 0 amide bonds. The fourth-order valence-electron chi connectivity index (χ4n) is 8.87. The third kappa shape index (κ3) is 5.72. The highest BCUT2D eigenvalue weighted by molar-refractivity contribution is 5.99. The fourth-order valence-corrected chi connectivity index (χ4v) is 8.87. The van der Waals surface area contributed by atoms with Crippen LogP contribution in [0.3, 0.4) is 0 Å². The molecule has 56 heavy (non-hydrogen) atoms. The van der Waals surface area contributed by atoms with E-state index in [1.807, 2.05) is 0 Å². The topological polar surface area (TPSA) is 3.24 Å². The summed E-state index contributed by atoms with van der Waals surface area (Å²) in [7, 11) is 0. The largest absolute Gasteiger partial charge is 0.309 e. The van der Waals surface area contributed by atoms with E-state index < -0.39 is 0 Å². The average Bonchev–Trinajstić information content (AvgIpc) is 3.49. The van der Waals surface area contributed by atoms with Gasteiger partial charge < -0.3 is 4.90 Å². The SMILES string of the molecule is CC1(C)c2ccccc2-c2ccc(N(c3ccccc3-c3ccc(-c4ccccc4)cc3)c3ccccc3-c3cccc(-c4cccc5ccccc45)c3)cc21. The van der Waals surface area contributed by atoms with Gasteiger partial charge in [-0.15, -0.1) is 0 Å². The second-order valence-corrected chi connectivity index (χ2v) is 15.3. The van der Waals surface area contributed by atoms with Gasteiger partial charge in [-0.05, 0) is 96.7 Å². The number of rotatable bonds is 7. The predicted molar refractivity (Wildman–Crippen MR) is 238 cm³/mol. The summed E-state index contributed by atoms with van der Waals surface area (Å²) < 4.78 is 0. The summed E-state index contributed by atoms with van der Waals surface area (Å²) in [5.41, 5.74) is 18.2. The van der Waals surface area contributed by atoms with Gasteiger partial charge in [0, 0.05) is 22.2 Å². The van der Waals surface area contributed by atoms with Crippen LogP contribution in [0.15, 0.2) is 212 Å². The Bertz CT molecular complexity index is 2880. The van der Waals surface area contributed by atoms with Gasteiger partial charge in [-0.25, -0.2) is 0 Å². The maximum Gasteiger partial charge on any atom is 0.0540 e. The van der Waals surface area contributed by atoms with Gasteiger partial charge in [0.25, 0.3) is 0 Å². The number of benzene rings is 9. The highest BCUT2D eigenvalue weighted by atomic mass is 15.1. The number of fused-ring (bicyclic) bond motifs is 4. The first-order valence-corrected chi connectivity index (χ1v) is 19.5. The molecule has 0 aliphatic heterocycles. The number of anilines is 3. The van der Waals surface area contributed by atoms with Crippen molar-refractivity contribution in [3.05, 3.63) is 223 Å². The molecule has 10 rings (SSSR count). The molecule has 0 saturated heterocycles. The third-order valence-electron chi connectivity index (χ3n) is 11.7. The maximum absolute atomic E-state index is 2.49. The van der Waals surface area contributed by atoms with E-state index in [4.69, 9.17) is 0 Å². The normalized spacial score (nSPS) is 12.6. The summed E-state index contributed by atoms with van der Waals surface area (Å²) in [4.78, 5) is 2.49. The van der Waals surface area contributed by atoms with Gasteiger partial charge in [0.05, 0.1) is 11.4 Å². The molecule has 0 N–H and O–H groups in total. The van der Waals surface area contributed by atoms with Crippen molar-refractivity contribution in [1.82, 2.24) is 0 Å². The van der Waals surface area contributed by atoms with Crippen molar-refractivity contribution in [2.45, 2.75) is 19.3 Å². The standard InChI is InChI=1S/C55H41N/c1-55(2)51-27-11-8-25-49(51)50-35-34-44(37-52(50)55)56(53-28-12-9-23-47(53)41-32-30-39(31-33-41)38-16-4-3-5-17-38)54-29-13-10-24-48(54)43-21-14-20-42(36-43)46-26-15-19-40-18-6-7-22-45(40)46/h3-37H,1-2H3. The van der Waals surface area contributed by atoms with Crippen molar-refractivity contribution in [2.24, 2.45) is 0 Å². The van der Waals surface area contributed by atoms with Gasteiger partial charge in [-0.3, -0.25) is 0 Å². The molecular formula is C55H41N. The van der Waals surface area contributed by atoms with Gasteiger partial charge in [0.15, 0.2) is 0 Å². The Morgan fingerprint density at radius 1 is 0.321 bits per heavy atom. The second kappa shape index (κ2) is 13.7. The summed E-state index contributed by atoms with van der Waals surface area (Å²) in [5.74, 6) is 0. The number of hydrogen-bond acceptors (Lipinski definition) is 1. The van der Waals surface area contributed by atoms with Crippen LogP contribution in [-0.2, 0) is 5.41 Å². The summed E-state index contributed by atoms with van der Waals surface area (Å²) in [6.45, 7) is 4.72. The van der Waals surface area contributed by atoms with E-state index in [0.717, 1.165) is 17.1 Å². The molecule has 266 valence electrons. The van der Waals surface area contributed by atoms with E-state index in [9.17, 15) is 0 Å². The lowest BCUT2D eigenvalue weighted by molar-refractivity contribution is 0.660. The van der Waals surface area contributed by atoms with Crippen LogP contribution in [0, 0.1) is 0 Å². The number of nitrogens with zero attached hydrogens (tertiary/aromatic N) is 1. The first kappa shape index (κ1) is 33.6. The molecule has 1 heteroatoms. The van der Waals surface area contributed by atoms with Crippen molar-refractivity contribution in [1.29, 1.82) is 0 Å². The lowest BCUT2D eigenvalue weighted by Crippen LogP contribution is -2.17. The molecule has 1 aliphatic carbocycles. The molecule has 0 heterocycles. The van der Waals surface area contributed by atoms with Crippen LogP contribution in [0.25, 0.3) is 66.4 Å². The quantitative estimate of drug-likeness (QED) is 0.159. The minimum absolute atomic E-state index is 0.132. The van der Waals surface area contributed by atoms with Crippen LogP contribution >= 0.6 is 0 Å². The molecule has 0 unspecified atom stereocenters. The Morgan fingerprint density at radius 3 is 1.59 bits per heavy atom. The van der Waals surface area contributed by atoms with Gasteiger partial charge in [-0.2, -0.15) is 0 Å². The minimum atomic E-state index is -0.132. The highest BCUT2D eigenvalue weighted by Gasteiger charge is 2.36. The first-order chi connectivity index (χ1) is 27.5. The summed E-state index contributed by atoms with van der Waals surface area (Å²) in [6, 6.07) is 77.7. The van der Waals surface area contributed by atoms with Gasteiger partial charge in [-0.1, -0.05) is 196 Å². The molecular weight excluding hydrogens is 675 g/mol. The zero-order chi connectivity index (χ0) is 37.6. The Balaban J connectivity index is 1.16. The van der Waals surface area contributed by atoms with E-state index in [2.05, 4.69) is 231 Å². The van der Waals surface area contributed by atoms with Crippen molar-refractivity contribution in [2.75, 3.05) is 4.90 Å². The maximum atomic E-state index is 2.49. The first-order valence-electron chi connectivity index (χ1n) is 19.5.